The molecule has 4 atom stereocenters. The fourth-order valence-corrected chi connectivity index (χ4v) is 1.71. The number of rotatable bonds is 5. The molecule has 0 bridgehead atoms. The molecular weight excluding hydrogens is 272 g/mol. The summed E-state index contributed by atoms with van der Waals surface area (Å²) in [6, 6.07) is 0. The van der Waals surface area contributed by atoms with Crippen molar-refractivity contribution in [3.8, 4) is 0 Å². The van der Waals surface area contributed by atoms with E-state index in [-0.39, 0.29) is 0 Å². The Morgan fingerprint density at radius 3 is 2.55 bits per heavy atom. The van der Waals surface area contributed by atoms with Crippen molar-refractivity contribution in [2.45, 2.75) is 32.3 Å². The van der Waals surface area contributed by atoms with E-state index in [9.17, 15) is 10.0 Å². The van der Waals surface area contributed by atoms with Crippen molar-refractivity contribution in [3.05, 3.63) is 5.21 Å². The zero-order valence-electron chi connectivity index (χ0n) is 11.8. The lowest BCUT2D eigenvalue weighted by molar-refractivity contribution is -1.31. The first-order valence-electron chi connectivity index (χ1n) is 6.08. The van der Waals surface area contributed by atoms with Crippen LogP contribution in [0.4, 0.5) is 0 Å². The van der Waals surface area contributed by atoms with Gasteiger partial charge in [-0.05, 0) is 6.42 Å². The largest absolute Gasteiger partial charge is 0.600 e. The number of quaternary nitrogens is 3. The van der Waals surface area contributed by atoms with Crippen molar-refractivity contribution >= 4 is 5.97 Å². The van der Waals surface area contributed by atoms with Crippen molar-refractivity contribution in [3.63, 3.8) is 0 Å². The Morgan fingerprint density at radius 2 is 2.10 bits per heavy atom. The molecule has 1 aliphatic heterocycles. The van der Waals surface area contributed by atoms with Gasteiger partial charge in [0.25, 0.3) is 0 Å². The van der Waals surface area contributed by atoms with E-state index in [2.05, 4.69) is 5.43 Å². The lowest BCUT2D eigenvalue weighted by atomic mass is 10.3. The van der Waals surface area contributed by atoms with Crippen LogP contribution in [-0.4, -0.2) is 41.1 Å². The number of nitrogens with zero attached hydrogens (tertiary/aromatic N) is 2. The molecule has 1 aliphatic rings. The third kappa shape index (κ3) is 2.61. The van der Waals surface area contributed by atoms with Crippen molar-refractivity contribution in [2.75, 3.05) is 13.6 Å². The fraction of sp³-hybridized carbons (Fsp3) is 0.875. The molecule has 1 fully saturated rings. The van der Waals surface area contributed by atoms with Crippen molar-refractivity contribution < 1.29 is 29.3 Å². The molecule has 0 radical (unpaired) electrons. The van der Waals surface area contributed by atoms with Gasteiger partial charge >= 0.3 is 18.0 Å². The minimum Gasteiger partial charge on any atom is -0.600 e. The quantitative estimate of drug-likeness (QED) is 0.166. The third-order valence-corrected chi connectivity index (χ3v) is 3.15. The Kier molecular flexibility index (Phi) is 4.67. The summed E-state index contributed by atoms with van der Waals surface area (Å²) in [5, 5.41) is 10.3. The highest BCUT2D eigenvalue weighted by atomic mass is 16.9. The van der Waals surface area contributed by atoms with Gasteiger partial charge in [0, 0.05) is 0 Å². The van der Waals surface area contributed by atoms with Crippen LogP contribution < -0.4 is 33.9 Å². The molecule has 1 rings (SSSR count). The SMILES string of the molecule is CCCN[N+]1(N)OC(=O)C(O[NH+](C)[O-])[N+](N)(N)C1(C)N. The molecule has 0 aromatic carbocycles. The summed E-state index contributed by atoms with van der Waals surface area (Å²) in [5.74, 6) is 14.9. The molecular formula is C8H24N8O4+2. The van der Waals surface area contributed by atoms with Gasteiger partial charge in [-0.15, -0.1) is 10.7 Å². The molecule has 12 nitrogen and oxygen atoms in total. The van der Waals surface area contributed by atoms with Gasteiger partial charge in [0.2, 0.25) is 0 Å². The van der Waals surface area contributed by atoms with Crippen LogP contribution in [0.2, 0.25) is 0 Å². The van der Waals surface area contributed by atoms with Gasteiger partial charge in [-0.2, -0.15) is 11.7 Å². The first-order valence-corrected chi connectivity index (χ1v) is 6.08. The van der Waals surface area contributed by atoms with Crippen LogP contribution in [0.15, 0.2) is 0 Å². The monoisotopic (exact) mass is 296 g/mol. The number of carbonyl (C=O) groups excluding carboxylic acids is 1. The van der Waals surface area contributed by atoms with Crippen LogP contribution in [0.1, 0.15) is 20.3 Å². The highest BCUT2D eigenvalue weighted by molar-refractivity contribution is 5.72. The molecule has 10 N–H and O–H groups in total. The molecule has 1 saturated heterocycles. The Hall–Kier alpha value is -0.930. The van der Waals surface area contributed by atoms with Crippen LogP contribution in [0.5, 0.6) is 0 Å². The van der Waals surface area contributed by atoms with Gasteiger partial charge in [0.1, 0.15) is 0 Å². The van der Waals surface area contributed by atoms with E-state index in [1.54, 1.807) is 0 Å². The average molecular weight is 296 g/mol. The van der Waals surface area contributed by atoms with Gasteiger partial charge in [-0.3, -0.25) is 0 Å². The van der Waals surface area contributed by atoms with E-state index >= 15 is 0 Å². The number of carbonyl (C=O) groups is 1. The lowest BCUT2D eigenvalue weighted by Gasteiger charge is -2.50. The number of nitrogens with one attached hydrogen (secondary N) is 2. The normalized spacial score (nSPS) is 38.4. The van der Waals surface area contributed by atoms with Crippen LogP contribution in [0.3, 0.4) is 0 Å². The first kappa shape index (κ1) is 17.1. The molecule has 4 unspecified atom stereocenters. The van der Waals surface area contributed by atoms with Gasteiger partial charge < -0.3 is 5.21 Å². The Bertz CT molecular complexity index is 375. The summed E-state index contributed by atoms with van der Waals surface area (Å²) >= 11 is 0. The maximum Gasteiger partial charge on any atom is 0.467 e. The smallest absolute Gasteiger partial charge is 0.467 e. The molecule has 1 heterocycles. The molecule has 0 aromatic heterocycles. The van der Waals surface area contributed by atoms with Crippen molar-refractivity contribution in [1.82, 2.24) is 5.43 Å². The molecule has 0 amide bonds. The second-order valence-corrected chi connectivity index (χ2v) is 4.87. The van der Waals surface area contributed by atoms with E-state index in [1.165, 1.54) is 6.92 Å². The van der Waals surface area contributed by atoms with Gasteiger partial charge in [0.05, 0.1) is 25.4 Å². The van der Waals surface area contributed by atoms with E-state index in [0.29, 0.717) is 13.0 Å². The highest BCUT2D eigenvalue weighted by Crippen LogP contribution is 2.28. The van der Waals surface area contributed by atoms with E-state index < -0.39 is 32.8 Å². The van der Waals surface area contributed by atoms with Crippen molar-refractivity contribution in [2.24, 2.45) is 23.3 Å². The molecule has 12 heteroatoms. The fourth-order valence-electron chi connectivity index (χ4n) is 1.71. The number of hydroxylamine groups is 3. The molecule has 0 saturated carbocycles. The second-order valence-electron chi connectivity index (χ2n) is 4.87. The van der Waals surface area contributed by atoms with E-state index in [4.69, 9.17) is 32.9 Å². The molecule has 118 valence electrons. The molecule has 0 spiro atoms. The van der Waals surface area contributed by atoms with E-state index in [0.717, 1.165) is 7.05 Å². The minimum atomic E-state index is -1.71. The van der Waals surface area contributed by atoms with Crippen molar-refractivity contribution in [1.29, 1.82) is 0 Å². The Balaban J connectivity index is 3.13. The minimum absolute atomic E-state index is 0.398. The molecule has 0 aromatic rings. The summed E-state index contributed by atoms with van der Waals surface area (Å²) in [4.78, 5) is 20.7. The lowest BCUT2D eigenvalue weighted by Crippen LogP contribution is -3.07. The summed E-state index contributed by atoms with van der Waals surface area (Å²) in [7, 11) is 1.11. The van der Waals surface area contributed by atoms with Crippen LogP contribution >= 0.6 is 0 Å². The Labute approximate surface area is 116 Å². The Morgan fingerprint density at radius 1 is 1.55 bits per heavy atom. The second kappa shape index (κ2) is 5.45. The highest BCUT2D eigenvalue weighted by Gasteiger charge is 2.73. The summed E-state index contributed by atoms with van der Waals surface area (Å²) in [6.45, 7) is 3.65. The van der Waals surface area contributed by atoms with Gasteiger partial charge in [-0.1, -0.05) is 17.1 Å². The standard InChI is InChI=1S/C8H24N8O4/c1-4-5-13-16(12)8(2,9)15(10,11)6(7(17)20-16)19-14(3)18/h6,13-14H,4-5,9-12H2,1-3H3/q+2. The van der Waals surface area contributed by atoms with Crippen LogP contribution in [-0.2, 0) is 14.5 Å². The summed E-state index contributed by atoms with van der Waals surface area (Å²) in [6.07, 6.45) is -0.909. The zero-order chi connectivity index (χ0) is 15.8. The third-order valence-electron chi connectivity index (χ3n) is 3.15. The predicted octanol–water partition coefficient (Wildman–Crippen LogP) is -4.47. The maximum atomic E-state index is 11.9. The molecule has 0 aliphatic carbocycles. The maximum absolute atomic E-state index is 11.9. The number of hydrogen-bond donors (Lipinski definition) is 6. The van der Waals surface area contributed by atoms with Crippen LogP contribution in [0.25, 0.3) is 0 Å². The van der Waals surface area contributed by atoms with Gasteiger partial charge in [-0.25, -0.2) is 20.6 Å². The number of hydrogen-bond acceptors (Lipinski definition) is 9. The predicted molar refractivity (Wildman–Crippen MR) is 65.2 cm³/mol. The summed E-state index contributed by atoms with van der Waals surface area (Å²) < 4.78 is -1.17. The topological polar surface area (TPSA) is 179 Å². The van der Waals surface area contributed by atoms with Crippen LogP contribution in [0, 0.1) is 5.21 Å². The van der Waals surface area contributed by atoms with Gasteiger partial charge in [0.15, 0.2) is 0 Å². The average Bonchev–Trinajstić information content (AvgIpc) is 2.31. The van der Waals surface area contributed by atoms with E-state index in [1.807, 2.05) is 6.92 Å². The summed E-state index contributed by atoms with van der Waals surface area (Å²) in [5.41, 5.74) is 8.77. The first-order chi connectivity index (χ1) is 8.99. The zero-order valence-corrected chi connectivity index (χ0v) is 11.8. The molecule has 20 heavy (non-hydrogen) atoms. The number of nitrogens with two attached hydrogens (primary N) is 4.